The standard InChI is InChI=1S/C14H28N4/c1-3-4-5-6-7-8-9-11-15-12-10-14-17-16-13-18(14)2/h13,15H,3-12H2,1-2H3. The normalized spacial score (nSPS) is 11.0. The van der Waals surface area contributed by atoms with Crippen LogP contribution >= 0.6 is 0 Å². The molecule has 1 aromatic heterocycles. The van der Waals surface area contributed by atoms with Gasteiger partial charge in [-0.2, -0.15) is 0 Å². The number of unbranched alkanes of at least 4 members (excludes halogenated alkanes) is 6. The second-order valence-corrected chi connectivity index (χ2v) is 4.98. The third-order valence-corrected chi connectivity index (χ3v) is 3.29. The summed E-state index contributed by atoms with van der Waals surface area (Å²) in [6.45, 7) is 4.40. The molecule has 1 aromatic rings. The largest absolute Gasteiger partial charge is 0.321 e. The van der Waals surface area contributed by atoms with Crippen molar-refractivity contribution in [3.8, 4) is 0 Å². The summed E-state index contributed by atoms with van der Waals surface area (Å²) in [5.41, 5.74) is 0. The Morgan fingerprint density at radius 3 is 2.44 bits per heavy atom. The van der Waals surface area contributed by atoms with Crippen LogP contribution in [0.1, 0.15) is 57.7 Å². The quantitative estimate of drug-likeness (QED) is 0.616. The molecule has 0 saturated heterocycles. The number of hydrogen-bond acceptors (Lipinski definition) is 3. The predicted molar refractivity (Wildman–Crippen MR) is 75.6 cm³/mol. The van der Waals surface area contributed by atoms with Crippen LogP contribution < -0.4 is 5.32 Å². The van der Waals surface area contributed by atoms with E-state index in [4.69, 9.17) is 0 Å². The minimum atomic E-state index is 0.965. The summed E-state index contributed by atoms with van der Waals surface area (Å²) in [5.74, 6) is 1.06. The van der Waals surface area contributed by atoms with E-state index < -0.39 is 0 Å². The van der Waals surface area contributed by atoms with Gasteiger partial charge in [-0.3, -0.25) is 0 Å². The summed E-state index contributed by atoms with van der Waals surface area (Å²) in [6.07, 6.45) is 12.3. The Bertz CT molecular complexity index is 296. The number of aromatic nitrogens is 3. The van der Waals surface area contributed by atoms with Crippen LogP contribution in [0.4, 0.5) is 0 Å². The highest BCUT2D eigenvalue weighted by molar-refractivity contribution is 4.84. The average Bonchev–Trinajstić information content (AvgIpc) is 2.77. The van der Waals surface area contributed by atoms with Crippen LogP contribution in [0.5, 0.6) is 0 Å². The minimum absolute atomic E-state index is 0.965. The van der Waals surface area contributed by atoms with E-state index >= 15 is 0 Å². The number of nitrogens with one attached hydrogen (secondary N) is 1. The molecule has 1 rings (SSSR count). The van der Waals surface area contributed by atoms with Gasteiger partial charge < -0.3 is 9.88 Å². The van der Waals surface area contributed by atoms with Crippen molar-refractivity contribution in [3.05, 3.63) is 12.2 Å². The zero-order valence-electron chi connectivity index (χ0n) is 12.0. The minimum Gasteiger partial charge on any atom is -0.321 e. The van der Waals surface area contributed by atoms with Crippen molar-refractivity contribution in [2.75, 3.05) is 13.1 Å². The molecule has 0 aromatic carbocycles. The van der Waals surface area contributed by atoms with Crippen molar-refractivity contribution in [3.63, 3.8) is 0 Å². The first-order chi connectivity index (χ1) is 8.84. The first-order valence-electron chi connectivity index (χ1n) is 7.38. The molecule has 0 radical (unpaired) electrons. The highest BCUT2D eigenvalue weighted by Gasteiger charge is 1.99. The Kier molecular flexibility index (Phi) is 8.47. The smallest absolute Gasteiger partial charge is 0.133 e. The van der Waals surface area contributed by atoms with E-state index in [9.17, 15) is 0 Å². The first kappa shape index (κ1) is 15.2. The van der Waals surface area contributed by atoms with Gasteiger partial charge in [0.1, 0.15) is 12.2 Å². The fourth-order valence-corrected chi connectivity index (χ4v) is 2.07. The fourth-order valence-electron chi connectivity index (χ4n) is 2.07. The third kappa shape index (κ3) is 6.74. The second-order valence-electron chi connectivity index (χ2n) is 4.98. The topological polar surface area (TPSA) is 42.7 Å². The average molecular weight is 252 g/mol. The molecule has 1 N–H and O–H groups in total. The number of rotatable bonds is 11. The molecule has 104 valence electrons. The van der Waals surface area contributed by atoms with Gasteiger partial charge in [-0.15, -0.1) is 10.2 Å². The summed E-state index contributed by atoms with van der Waals surface area (Å²) in [5, 5.41) is 11.4. The summed E-state index contributed by atoms with van der Waals surface area (Å²) in [6, 6.07) is 0. The predicted octanol–water partition coefficient (Wildman–Crippen LogP) is 2.70. The number of aryl methyl sites for hydroxylation is 1. The van der Waals surface area contributed by atoms with Gasteiger partial charge in [0, 0.05) is 20.0 Å². The van der Waals surface area contributed by atoms with Gasteiger partial charge in [0.05, 0.1) is 0 Å². The van der Waals surface area contributed by atoms with E-state index in [0.29, 0.717) is 0 Å². The SMILES string of the molecule is CCCCCCCCCNCCc1nncn1C. The first-order valence-corrected chi connectivity index (χ1v) is 7.38. The highest BCUT2D eigenvalue weighted by atomic mass is 15.2. The van der Waals surface area contributed by atoms with Crippen molar-refractivity contribution < 1.29 is 0 Å². The van der Waals surface area contributed by atoms with Crippen molar-refractivity contribution in [1.29, 1.82) is 0 Å². The maximum absolute atomic E-state index is 4.06. The molecule has 0 aliphatic carbocycles. The Morgan fingerprint density at radius 1 is 1.06 bits per heavy atom. The van der Waals surface area contributed by atoms with Gasteiger partial charge in [-0.1, -0.05) is 45.4 Å². The van der Waals surface area contributed by atoms with Crippen molar-refractivity contribution >= 4 is 0 Å². The molecular weight excluding hydrogens is 224 g/mol. The summed E-state index contributed by atoms with van der Waals surface area (Å²) >= 11 is 0. The van der Waals surface area contributed by atoms with Crippen LogP contribution in [0.2, 0.25) is 0 Å². The van der Waals surface area contributed by atoms with Crippen LogP contribution in [-0.4, -0.2) is 27.9 Å². The summed E-state index contributed by atoms with van der Waals surface area (Å²) < 4.78 is 1.98. The van der Waals surface area contributed by atoms with Gasteiger partial charge in [-0.25, -0.2) is 0 Å². The van der Waals surface area contributed by atoms with E-state index in [0.717, 1.165) is 25.3 Å². The van der Waals surface area contributed by atoms with E-state index in [1.807, 2.05) is 11.6 Å². The van der Waals surface area contributed by atoms with E-state index in [1.165, 1.54) is 44.9 Å². The molecule has 0 spiro atoms. The lowest BCUT2D eigenvalue weighted by atomic mass is 10.1. The molecule has 4 heteroatoms. The molecule has 0 amide bonds. The molecule has 0 unspecified atom stereocenters. The van der Waals surface area contributed by atoms with Crippen LogP contribution in [0.3, 0.4) is 0 Å². The van der Waals surface area contributed by atoms with Gasteiger partial charge in [0.25, 0.3) is 0 Å². The molecule has 0 aliphatic heterocycles. The summed E-state index contributed by atoms with van der Waals surface area (Å²) in [4.78, 5) is 0. The zero-order chi connectivity index (χ0) is 13.1. The third-order valence-electron chi connectivity index (χ3n) is 3.29. The monoisotopic (exact) mass is 252 g/mol. The van der Waals surface area contributed by atoms with Gasteiger partial charge in [0.15, 0.2) is 0 Å². The lowest BCUT2D eigenvalue weighted by molar-refractivity contribution is 0.559. The zero-order valence-corrected chi connectivity index (χ0v) is 12.0. The van der Waals surface area contributed by atoms with Crippen LogP contribution in [0, 0.1) is 0 Å². The highest BCUT2D eigenvalue weighted by Crippen LogP contribution is 2.06. The maximum Gasteiger partial charge on any atom is 0.133 e. The van der Waals surface area contributed by atoms with E-state index in [1.54, 1.807) is 6.33 Å². The van der Waals surface area contributed by atoms with Crippen molar-refractivity contribution in [1.82, 2.24) is 20.1 Å². The van der Waals surface area contributed by atoms with Crippen LogP contribution in [-0.2, 0) is 13.5 Å². The van der Waals surface area contributed by atoms with Gasteiger partial charge in [0.2, 0.25) is 0 Å². The molecule has 1 heterocycles. The Labute approximate surface area is 111 Å². The van der Waals surface area contributed by atoms with E-state index in [2.05, 4.69) is 22.4 Å². The van der Waals surface area contributed by atoms with Crippen molar-refractivity contribution in [2.24, 2.45) is 7.05 Å². The lowest BCUT2D eigenvalue weighted by Gasteiger charge is -2.04. The molecule has 18 heavy (non-hydrogen) atoms. The Hall–Kier alpha value is -0.900. The van der Waals surface area contributed by atoms with Crippen LogP contribution in [0.25, 0.3) is 0 Å². The fraction of sp³-hybridized carbons (Fsp3) is 0.857. The molecule has 0 atom stereocenters. The molecular formula is C14H28N4. The Morgan fingerprint density at radius 2 is 1.78 bits per heavy atom. The molecule has 0 aliphatic rings. The maximum atomic E-state index is 4.06. The second kappa shape index (κ2) is 10.1. The molecule has 0 saturated carbocycles. The van der Waals surface area contributed by atoms with E-state index in [-0.39, 0.29) is 0 Å². The van der Waals surface area contributed by atoms with Gasteiger partial charge >= 0.3 is 0 Å². The lowest BCUT2D eigenvalue weighted by Crippen LogP contribution is -2.19. The molecule has 4 nitrogen and oxygen atoms in total. The van der Waals surface area contributed by atoms with Crippen molar-refractivity contribution in [2.45, 2.75) is 58.3 Å². The number of nitrogens with zero attached hydrogens (tertiary/aromatic N) is 3. The number of hydrogen-bond donors (Lipinski definition) is 1. The van der Waals surface area contributed by atoms with Crippen LogP contribution in [0.15, 0.2) is 6.33 Å². The van der Waals surface area contributed by atoms with Gasteiger partial charge in [-0.05, 0) is 13.0 Å². The summed E-state index contributed by atoms with van der Waals surface area (Å²) in [7, 11) is 1.99. The molecule has 0 fully saturated rings. The molecule has 0 bridgehead atoms. The Balaban J connectivity index is 1.83.